The average Bonchev–Trinajstić information content (AvgIpc) is 2.70. The van der Waals surface area contributed by atoms with E-state index < -0.39 is 34.1 Å². The summed E-state index contributed by atoms with van der Waals surface area (Å²) in [7, 11) is 0. The highest BCUT2D eigenvalue weighted by Gasteiger charge is 2.22. The normalized spacial score (nSPS) is 10.2. The lowest BCUT2D eigenvalue weighted by molar-refractivity contribution is -0.384. The fraction of sp³-hybridized carbons (Fsp3) is 0. The van der Waals surface area contributed by atoms with E-state index >= 15 is 0 Å². The van der Waals surface area contributed by atoms with Gasteiger partial charge in [0.25, 0.3) is 11.6 Å². The van der Waals surface area contributed by atoms with Crippen LogP contribution in [-0.4, -0.2) is 16.9 Å². The van der Waals surface area contributed by atoms with Gasteiger partial charge in [-0.25, -0.2) is 9.18 Å². The number of nitro benzene ring substituents is 1. The van der Waals surface area contributed by atoms with Crippen molar-refractivity contribution in [2.24, 2.45) is 0 Å². The number of carbonyl (C=O) groups excluding carboxylic acids is 2. The quantitative estimate of drug-likeness (QED) is 0.284. The van der Waals surface area contributed by atoms with Crippen molar-refractivity contribution in [3.8, 4) is 0 Å². The Hall–Kier alpha value is -4.47. The van der Waals surface area contributed by atoms with E-state index in [4.69, 9.17) is 5.73 Å². The van der Waals surface area contributed by atoms with Gasteiger partial charge in [-0.2, -0.15) is 0 Å². The first-order chi connectivity index (χ1) is 14.3. The zero-order valence-electron chi connectivity index (χ0n) is 15.4. The van der Waals surface area contributed by atoms with E-state index in [1.807, 2.05) is 6.07 Å². The van der Waals surface area contributed by atoms with Crippen LogP contribution in [0.25, 0.3) is 0 Å². The van der Waals surface area contributed by atoms with Gasteiger partial charge in [-0.05, 0) is 36.4 Å². The molecule has 0 aliphatic heterocycles. The van der Waals surface area contributed by atoms with Gasteiger partial charge in [0.1, 0.15) is 11.5 Å². The van der Waals surface area contributed by atoms with E-state index in [2.05, 4.69) is 16.0 Å². The van der Waals surface area contributed by atoms with Crippen molar-refractivity contribution in [2.45, 2.75) is 0 Å². The van der Waals surface area contributed by atoms with Crippen LogP contribution >= 0.6 is 0 Å². The number of hydrogen-bond acceptors (Lipinski definition) is 5. The van der Waals surface area contributed by atoms with Crippen molar-refractivity contribution in [3.05, 3.63) is 88.2 Å². The number of amides is 3. The van der Waals surface area contributed by atoms with Crippen molar-refractivity contribution < 1.29 is 18.9 Å². The molecule has 0 unspecified atom stereocenters. The molecule has 10 heteroatoms. The van der Waals surface area contributed by atoms with Gasteiger partial charge < -0.3 is 21.7 Å². The molecule has 3 aromatic carbocycles. The number of nitrogens with one attached hydrogen (secondary N) is 3. The number of anilines is 4. The maximum Gasteiger partial charge on any atom is 0.323 e. The third-order valence-electron chi connectivity index (χ3n) is 3.97. The number of nitrogen functional groups attached to an aromatic ring is 1. The molecular weight excluding hydrogens is 393 g/mol. The highest BCUT2D eigenvalue weighted by Crippen LogP contribution is 2.27. The Kier molecular flexibility index (Phi) is 5.87. The number of carbonyl (C=O) groups is 2. The molecular formula is C20H16FN5O4. The van der Waals surface area contributed by atoms with Crippen LogP contribution in [0.3, 0.4) is 0 Å². The van der Waals surface area contributed by atoms with E-state index in [1.165, 1.54) is 12.1 Å². The molecule has 0 bridgehead atoms. The van der Waals surface area contributed by atoms with Gasteiger partial charge in [0.2, 0.25) is 0 Å². The SMILES string of the molecule is Nc1c(C(=O)Nc2cccc(NC(=O)Nc3ccccc3)c2)cc(F)cc1[N+](=O)[O-]. The summed E-state index contributed by atoms with van der Waals surface area (Å²) < 4.78 is 13.7. The molecule has 0 heterocycles. The third kappa shape index (κ3) is 4.87. The van der Waals surface area contributed by atoms with Crippen LogP contribution in [0.1, 0.15) is 10.4 Å². The van der Waals surface area contributed by atoms with Gasteiger partial charge in [0.05, 0.1) is 16.6 Å². The molecule has 0 aliphatic carbocycles. The third-order valence-corrected chi connectivity index (χ3v) is 3.97. The van der Waals surface area contributed by atoms with E-state index in [9.17, 15) is 24.1 Å². The fourth-order valence-corrected chi connectivity index (χ4v) is 2.63. The van der Waals surface area contributed by atoms with Crippen molar-refractivity contribution in [3.63, 3.8) is 0 Å². The van der Waals surface area contributed by atoms with Crippen LogP contribution in [0.4, 0.5) is 37.6 Å². The summed E-state index contributed by atoms with van der Waals surface area (Å²) in [5.41, 5.74) is 5.36. The maximum atomic E-state index is 13.7. The first kappa shape index (κ1) is 20.3. The largest absolute Gasteiger partial charge is 0.393 e. The molecule has 5 N–H and O–H groups in total. The second-order valence-electron chi connectivity index (χ2n) is 6.12. The topological polar surface area (TPSA) is 139 Å². The number of nitro groups is 1. The lowest BCUT2D eigenvalue weighted by Gasteiger charge is -2.11. The maximum absolute atomic E-state index is 13.7. The first-order valence-electron chi connectivity index (χ1n) is 8.61. The number of nitrogens with two attached hydrogens (primary N) is 1. The van der Waals surface area contributed by atoms with Gasteiger partial charge >= 0.3 is 6.03 Å². The van der Waals surface area contributed by atoms with Crippen LogP contribution in [0.15, 0.2) is 66.7 Å². The molecule has 0 spiro atoms. The Morgan fingerprint density at radius 2 is 1.47 bits per heavy atom. The summed E-state index contributed by atoms with van der Waals surface area (Å²) in [5, 5.41) is 18.7. The van der Waals surface area contributed by atoms with Gasteiger partial charge in [-0.3, -0.25) is 14.9 Å². The zero-order valence-corrected chi connectivity index (χ0v) is 15.4. The minimum Gasteiger partial charge on any atom is -0.393 e. The van der Waals surface area contributed by atoms with Gasteiger partial charge in [0, 0.05) is 17.1 Å². The number of rotatable bonds is 5. The van der Waals surface area contributed by atoms with Gasteiger partial charge in [0.15, 0.2) is 0 Å². The van der Waals surface area contributed by atoms with Gasteiger partial charge in [-0.1, -0.05) is 24.3 Å². The lowest BCUT2D eigenvalue weighted by Crippen LogP contribution is -2.19. The summed E-state index contributed by atoms with van der Waals surface area (Å²) in [6.45, 7) is 0. The van der Waals surface area contributed by atoms with E-state index in [0.29, 0.717) is 17.4 Å². The summed E-state index contributed by atoms with van der Waals surface area (Å²) in [5.74, 6) is -1.80. The van der Waals surface area contributed by atoms with E-state index in [1.54, 1.807) is 36.4 Å². The van der Waals surface area contributed by atoms with Crippen LogP contribution < -0.4 is 21.7 Å². The monoisotopic (exact) mass is 409 g/mol. The van der Waals surface area contributed by atoms with Crippen LogP contribution in [0, 0.1) is 15.9 Å². The summed E-state index contributed by atoms with van der Waals surface area (Å²) >= 11 is 0. The highest BCUT2D eigenvalue weighted by molar-refractivity contribution is 6.09. The molecule has 30 heavy (non-hydrogen) atoms. The Balaban J connectivity index is 1.73. The number of nitrogens with zero attached hydrogens (tertiary/aromatic N) is 1. The lowest BCUT2D eigenvalue weighted by atomic mass is 10.1. The Morgan fingerprint density at radius 3 is 2.13 bits per heavy atom. The number of hydrogen-bond donors (Lipinski definition) is 4. The second-order valence-corrected chi connectivity index (χ2v) is 6.12. The average molecular weight is 409 g/mol. The number of benzene rings is 3. The van der Waals surface area contributed by atoms with Crippen molar-refractivity contribution in [2.75, 3.05) is 21.7 Å². The summed E-state index contributed by atoms with van der Waals surface area (Å²) in [6.07, 6.45) is 0. The Morgan fingerprint density at radius 1 is 0.867 bits per heavy atom. The summed E-state index contributed by atoms with van der Waals surface area (Å²) in [6, 6.07) is 15.9. The van der Waals surface area contributed by atoms with Crippen LogP contribution in [0.2, 0.25) is 0 Å². The zero-order chi connectivity index (χ0) is 21.7. The number of urea groups is 1. The van der Waals surface area contributed by atoms with E-state index in [-0.39, 0.29) is 11.3 Å². The van der Waals surface area contributed by atoms with Crippen LogP contribution in [-0.2, 0) is 0 Å². The Bertz CT molecular complexity index is 1120. The molecule has 152 valence electrons. The molecule has 0 aliphatic rings. The predicted octanol–water partition coefficient (Wildman–Crippen LogP) is 4.21. The van der Waals surface area contributed by atoms with Crippen LogP contribution in [0.5, 0.6) is 0 Å². The predicted molar refractivity (Wildman–Crippen MR) is 111 cm³/mol. The minimum absolute atomic E-state index is 0.267. The highest BCUT2D eigenvalue weighted by atomic mass is 19.1. The smallest absolute Gasteiger partial charge is 0.323 e. The molecule has 0 atom stereocenters. The van der Waals surface area contributed by atoms with Gasteiger partial charge in [-0.15, -0.1) is 0 Å². The standard InChI is InChI=1S/C20H16FN5O4/c21-12-9-16(18(22)17(10-12)26(29)30)19(27)23-14-7-4-8-15(11-14)25-20(28)24-13-5-2-1-3-6-13/h1-11H,22H2,(H,23,27)(H2,24,25,28). The summed E-state index contributed by atoms with van der Waals surface area (Å²) in [4.78, 5) is 34.6. The minimum atomic E-state index is -0.964. The second kappa shape index (κ2) is 8.69. The molecule has 0 radical (unpaired) electrons. The molecule has 0 saturated carbocycles. The Labute approximate surface area is 169 Å². The molecule has 0 fully saturated rings. The van der Waals surface area contributed by atoms with Crippen molar-refractivity contribution in [1.29, 1.82) is 0 Å². The first-order valence-corrected chi connectivity index (χ1v) is 8.61. The molecule has 3 amide bonds. The van der Waals surface area contributed by atoms with E-state index in [0.717, 1.165) is 6.07 Å². The molecule has 0 aromatic heterocycles. The molecule has 9 nitrogen and oxygen atoms in total. The molecule has 0 saturated heterocycles. The molecule has 3 aromatic rings. The van der Waals surface area contributed by atoms with Crippen molar-refractivity contribution in [1.82, 2.24) is 0 Å². The fourth-order valence-electron chi connectivity index (χ4n) is 2.63. The number of halogens is 1. The molecule has 3 rings (SSSR count). The van der Waals surface area contributed by atoms with Crippen molar-refractivity contribution >= 4 is 40.4 Å². The number of para-hydroxylation sites is 1.